The normalized spacial score (nSPS) is 12.2. The lowest BCUT2D eigenvalue weighted by atomic mass is 10.0. The largest absolute Gasteiger partial charge is 0.497 e. The average Bonchev–Trinajstić information content (AvgIpc) is 2.44. The van der Waals surface area contributed by atoms with Gasteiger partial charge in [-0.3, -0.25) is 4.79 Å². The monoisotopic (exact) mass is 281 g/mol. The first-order valence-electron chi connectivity index (χ1n) is 6.60. The summed E-state index contributed by atoms with van der Waals surface area (Å²) in [5, 5.41) is 8.72. The maximum atomic E-state index is 10.6. The molecule has 5 heteroatoms. The van der Waals surface area contributed by atoms with Gasteiger partial charge in [-0.25, -0.2) is 0 Å². The van der Waals surface area contributed by atoms with Gasteiger partial charge in [-0.1, -0.05) is 0 Å². The van der Waals surface area contributed by atoms with E-state index in [-0.39, 0.29) is 12.5 Å². The number of aliphatic carboxylic acids is 1. The average molecular weight is 281 g/mol. The van der Waals surface area contributed by atoms with Gasteiger partial charge < -0.3 is 19.5 Å². The number of carbonyl (C=O) groups is 1. The number of ether oxygens (including phenoxy) is 2. The summed E-state index contributed by atoms with van der Waals surface area (Å²) in [4.78, 5) is 12.6. The predicted octanol–water partition coefficient (Wildman–Crippen LogP) is 2.04. The quantitative estimate of drug-likeness (QED) is 0.790. The lowest BCUT2D eigenvalue weighted by Crippen LogP contribution is -2.32. The molecule has 0 aliphatic rings. The fourth-order valence-corrected chi connectivity index (χ4v) is 2.01. The zero-order valence-corrected chi connectivity index (χ0v) is 12.5. The van der Waals surface area contributed by atoms with Crippen molar-refractivity contribution in [2.75, 3.05) is 27.8 Å². The Bertz CT molecular complexity index is 447. The molecule has 1 rings (SSSR count). The number of hydrogen-bond acceptors (Lipinski definition) is 4. The van der Waals surface area contributed by atoms with Crippen molar-refractivity contribution in [3.63, 3.8) is 0 Å². The second-order valence-corrected chi connectivity index (χ2v) is 4.86. The molecule has 0 heterocycles. The number of rotatable bonds is 8. The minimum absolute atomic E-state index is 0.149. The van der Waals surface area contributed by atoms with Crippen molar-refractivity contribution < 1.29 is 19.4 Å². The molecule has 1 N–H and O–H groups in total. The van der Waals surface area contributed by atoms with Gasteiger partial charge in [0, 0.05) is 12.6 Å². The summed E-state index contributed by atoms with van der Waals surface area (Å²) in [6.45, 7) is 2.60. The van der Waals surface area contributed by atoms with Crippen LogP contribution in [-0.2, 0) is 11.2 Å². The molecular formula is C15H23NO4. The van der Waals surface area contributed by atoms with E-state index in [1.54, 1.807) is 14.2 Å². The Morgan fingerprint density at radius 3 is 2.60 bits per heavy atom. The van der Waals surface area contributed by atoms with Gasteiger partial charge in [0.1, 0.15) is 11.5 Å². The molecule has 0 aliphatic carbocycles. The summed E-state index contributed by atoms with van der Waals surface area (Å²) in [5.41, 5.74) is 1.06. The van der Waals surface area contributed by atoms with Crippen molar-refractivity contribution in [1.29, 1.82) is 0 Å². The highest BCUT2D eigenvalue weighted by molar-refractivity contribution is 5.66. The smallest absolute Gasteiger partial charge is 0.304 e. The molecule has 0 fully saturated rings. The summed E-state index contributed by atoms with van der Waals surface area (Å²) < 4.78 is 10.6. The SMILES string of the molecule is COc1ccc(OC)c(CC(C)N(C)CCC(=O)O)c1. The molecule has 1 aromatic carbocycles. The maximum Gasteiger partial charge on any atom is 0.304 e. The lowest BCUT2D eigenvalue weighted by Gasteiger charge is -2.25. The van der Waals surface area contributed by atoms with Crippen LogP contribution in [-0.4, -0.2) is 49.8 Å². The minimum Gasteiger partial charge on any atom is -0.497 e. The highest BCUT2D eigenvalue weighted by Crippen LogP contribution is 2.25. The van der Waals surface area contributed by atoms with E-state index in [2.05, 4.69) is 6.92 Å². The van der Waals surface area contributed by atoms with Crippen molar-refractivity contribution >= 4 is 5.97 Å². The van der Waals surface area contributed by atoms with E-state index in [9.17, 15) is 4.79 Å². The molecule has 5 nitrogen and oxygen atoms in total. The van der Waals surface area contributed by atoms with Gasteiger partial charge in [0.15, 0.2) is 0 Å². The van der Waals surface area contributed by atoms with Gasteiger partial charge in [-0.2, -0.15) is 0 Å². The summed E-state index contributed by atoms with van der Waals surface area (Å²) in [7, 11) is 5.21. The highest BCUT2D eigenvalue weighted by atomic mass is 16.5. The Labute approximate surface area is 120 Å². The van der Waals surface area contributed by atoms with Crippen LogP contribution in [0.2, 0.25) is 0 Å². The summed E-state index contributed by atoms with van der Waals surface area (Å²) in [6.07, 6.45) is 0.923. The molecule has 1 atom stereocenters. The van der Waals surface area contributed by atoms with E-state index in [4.69, 9.17) is 14.6 Å². The van der Waals surface area contributed by atoms with Crippen LogP contribution < -0.4 is 9.47 Å². The van der Waals surface area contributed by atoms with Gasteiger partial charge in [0.25, 0.3) is 0 Å². The number of methoxy groups -OCH3 is 2. The Kier molecular flexibility index (Phi) is 6.31. The van der Waals surface area contributed by atoms with Gasteiger partial charge in [0.05, 0.1) is 20.6 Å². The van der Waals surface area contributed by atoms with E-state index in [0.717, 1.165) is 23.5 Å². The number of carboxylic acid groups (broad SMARTS) is 1. The first-order valence-corrected chi connectivity index (χ1v) is 6.60. The topological polar surface area (TPSA) is 59.0 Å². The molecule has 1 aromatic rings. The standard InChI is InChI=1S/C15H23NO4/c1-11(16(2)8-7-15(17)18)9-12-10-13(19-3)5-6-14(12)20-4/h5-6,10-11H,7-9H2,1-4H3,(H,17,18). The number of nitrogens with zero attached hydrogens (tertiary/aromatic N) is 1. The van der Waals surface area contributed by atoms with Crippen molar-refractivity contribution in [1.82, 2.24) is 4.90 Å². The fraction of sp³-hybridized carbons (Fsp3) is 0.533. The first-order chi connectivity index (χ1) is 9.47. The second-order valence-electron chi connectivity index (χ2n) is 4.86. The zero-order valence-electron chi connectivity index (χ0n) is 12.5. The van der Waals surface area contributed by atoms with E-state index in [1.165, 1.54) is 0 Å². The molecule has 0 saturated heterocycles. The highest BCUT2D eigenvalue weighted by Gasteiger charge is 2.14. The van der Waals surface area contributed by atoms with Crippen LogP contribution >= 0.6 is 0 Å². The van der Waals surface area contributed by atoms with Crippen LogP contribution in [0.25, 0.3) is 0 Å². The Balaban J connectivity index is 2.72. The third-order valence-corrected chi connectivity index (χ3v) is 3.43. The van der Waals surface area contributed by atoms with Crippen molar-refractivity contribution in [2.45, 2.75) is 25.8 Å². The van der Waals surface area contributed by atoms with E-state index in [1.807, 2.05) is 30.1 Å². The van der Waals surface area contributed by atoms with E-state index >= 15 is 0 Å². The number of carboxylic acids is 1. The molecule has 1 unspecified atom stereocenters. The van der Waals surface area contributed by atoms with E-state index < -0.39 is 5.97 Å². The van der Waals surface area contributed by atoms with Crippen LogP contribution in [0.4, 0.5) is 0 Å². The summed E-state index contributed by atoms with van der Waals surface area (Å²) in [6, 6.07) is 5.93. The molecular weight excluding hydrogens is 258 g/mol. The van der Waals surface area contributed by atoms with E-state index in [0.29, 0.717) is 6.54 Å². The Hall–Kier alpha value is -1.75. The number of benzene rings is 1. The van der Waals surface area contributed by atoms with Crippen molar-refractivity contribution in [3.05, 3.63) is 23.8 Å². The van der Waals surface area contributed by atoms with Crippen LogP contribution in [0.5, 0.6) is 11.5 Å². The van der Waals surface area contributed by atoms with Gasteiger partial charge >= 0.3 is 5.97 Å². The predicted molar refractivity (Wildman–Crippen MR) is 77.6 cm³/mol. The minimum atomic E-state index is -0.775. The molecule has 0 amide bonds. The third kappa shape index (κ3) is 4.74. The van der Waals surface area contributed by atoms with Crippen molar-refractivity contribution in [2.24, 2.45) is 0 Å². The van der Waals surface area contributed by atoms with Crippen LogP contribution in [0.1, 0.15) is 18.9 Å². The van der Waals surface area contributed by atoms with Gasteiger partial charge in [0.2, 0.25) is 0 Å². The lowest BCUT2D eigenvalue weighted by molar-refractivity contribution is -0.137. The fourth-order valence-electron chi connectivity index (χ4n) is 2.01. The molecule has 0 bridgehead atoms. The van der Waals surface area contributed by atoms with Gasteiger partial charge in [-0.05, 0) is 44.2 Å². The molecule has 0 spiro atoms. The Morgan fingerprint density at radius 1 is 1.35 bits per heavy atom. The van der Waals surface area contributed by atoms with Crippen LogP contribution in [0, 0.1) is 0 Å². The molecule has 0 saturated carbocycles. The zero-order chi connectivity index (χ0) is 15.1. The molecule has 0 aromatic heterocycles. The summed E-state index contributed by atoms with van der Waals surface area (Å²) in [5.74, 6) is 0.841. The van der Waals surface area contributed by atoms with Crippen LogP contribution in [0.15, 0.2) is 18.2 Å². The van der Waals surface area contributed by atoms with Crippen LogP contribution in [0.3, 0.4) is 0 Å². The number of likely N-dealkylation sites (N-methyl/N-ethyl adjacent to an activating group) is 1. The molecule has 20 heavy (non-hydrogen) atoms. The Morgan fingerprint density at radius 2 is 2.05 bits per heavy atom. The molecule has 0 radical (unpaired) electrons. The summed E-state index contributed by atoms with van der Waals surface area (Å²) >= 11 is 0. The van der Waals surface area contributed by atoms with Crippen molar-refractivity contribution in [3.8, 4) is 11.5 Å². The first kappa shape index (κ1) is 16.3. The van der Waals surface area contributed by atoms with Gasteiger partial charge in [-0.15, -0.1) is 0 Å². The third-order valence-electron chi connectivity index (χ3n) is 3.43. The molecule has 0 aliphatic heterocycles. The maximum absolute atomic E-state index is 10.6. The molecule has 112 valence electrons. The second kappa shape index (κ2) is 7.75. The number of hydrogen-bond donors (Lipinski definition) is 1.